The summed E-state index contributed by atoms with van der Waals surface area (Å²) in [6.07, 6.45) is 0. The van der Waals surface area contributed by atoms with Crippen LogP contribution in [0, 0.1) is 6.92 Å². The number of halogens is 1. The van der Waals surface area contributed by atoms with E-state index >= 15 is 0 Å². The van der Waals surface area contributed by atoms with Crippen molar-refractivity contribution in [2.75, 3.05) is 0 Å². The Morgan fingerprint density at radius 1 is 1.33 bits per heavy atom. The summed E-state index contributed by atoms with van der Waals surface area (Å²) in [5, 5.41) is 3.91. The minimum absolute atomic E-state index is 0.413. The third-order valence-corrected chi connectivity index (χ3v) is 3.14. The zero-order chi connectivity index (χ0) is 13.1. The minimum atomic E-state index is 0.413. The fraction of sp³-hybridized carbons (Fsp3) is 0.357. The number of hydrogen-bond acceptors (Lipinski definition) is 3. The lowest BCUT2D eigenvalue weighted by Gasteiger charge is -2.13. The molecule has 0 aliphatic rings. The molecule has 0 saturated carbocycles. The van der Waals surface area contributed by atoms with Crippen LogP contribution in [-0.4, -0.2) is 5.16 Å². The lowest BCUT2D eigenvalue weighted by Crippen LogP contribution is -2.00. The van der Waals surface area contributed by atoms with E-state index in [-0.39, 0.29) is 0 Å². The van der Waals surface area contributed by atoms with Gasteiger partial charge >= 0.3 is 0 Å². The van der Waals surface area contributed by atoms with E-state index in [1.807, 2.05) is 25.1 Å². The first-order valence-electron chi connectivity index (χ1n) is 5.90. The van der Waals surface area contributed by atoms with Crippen molar-refractivity contribution in [3.63, 3.8) is 0 Å². The van der Waals surface area contributed by atoms with Crippen LogP contribution in [0.25, 0.3) is 0 Å². The van der Waals surface area contributed by atoms with Gasteiger partial charge in [-0.05, 0) is 36.6 Å². The molecule has 2 aromatic rings. The quantitative estimate of drug-likeness (QED) is 0.837. The summed E-state index contributed by atoms with van der Waals surface area (Å²) in [5.74, 6) is 2.11. The molecule has 0 atom stereocenters. The molecule has 0 bridgehead atoms. The average molecular weight is 310 g/mol. The molecular weight excluding hydrogens is 294 g/mol. The first kappa shape index (κ1) is 13.1. The molecule has 0 N–H and O–H groups in total. The highest BCUT2D eigenvalue weighted by molar-refractivity contribution is 9.10. The number of aryl methyl sites for hydroxylation is 1. The van der Waals surface area contributed by atoms with Crippen LogP contribution in [0.1, 0.15) is 36.8 Å². The summed E-state index contributed by atoms with van der Waals surface area (Å²) in [6, 6.07) is 7.93. The van der Waals surface area contributed by atoms with Crippen molar-refractivity contribution in [2.45, 2.75) is 33.3 Å². The topological polar surface area (TPSA) is 35.3 Å². The van der Waals surface area contributed by atoms with Crippen LogP contribution in [0.2, 0.25) is 0 Å². The number of ether oxygens (including phenoxy) is 1. The predicted molar refractivity (Wildman–Crippen MR) is 73.8 cm³/mol. The van der Waals surface area contributed by atoms with Crippen LogP contribution in [-0.2, 0) is 6.61 Å². The molecule has 1 aromatic carbocycles. The highest BCUT2D eigenvalue weighted by atomic mass is 79.9. The molecule has 0 aliphatic heterocycles. The Balaban J connectivity index is 2.13. The molecule has 3 nitrogen and oxygen atoms in total. The Kier molecular flexibility index (Phi) is 4.07. The molecule has 0 aliphatic carbocycles. The minimum Gasteiger partial charge on any atom is -0.487 e. The molecule has 96 valence electrons. The van der Waals surface area contributed by atoms with Gasteiger partial charge in [-0.2, -0.15) is 0 Å². The van der Waals surface area contributed by atoms with E-state index in [0.29, 0.717) is 12.5 Å². The molecule has 0 fully saturated rings. The van der Waals surface area contributed by atoms with Crippen LogP contribution in [0.3, 0.4) is 0 Å². The van der Waals surface area contributed by atoms with Crippen LogP contribution >= 0.6 is 15.9 Å². The zero-order valence-corrected chi connectivity index (χ0v) is 12.3. The summed E-state index contributed by atoms with van der Waals surface area (Å²) in [4.78, 5) is 0. The third-order valence-electron chi connectivity index (χ3n) is 2.65. The molecule has 0 saturated heterocycles. The lowest BCUT2D eigenvalue weighted by atomic mass is 10.0. The maximum atomic E-state index is 5.81. The Morgan fingerprint density at radius 3 is 2.72 bits per heavy atom. The number of rotatable bonds is 4. The molecular formula is C14H16BrNO2. The normalized spacial score (nSPS) is 10.9. The predicted octanol–water partition coefficient (Wildman–Crippen LogP) is 4.45. The Bertz CT molecular complexity index is 534. The van der Waals surface area contributed by atoms with Gasteiger partial charge in [0.25, 0.3) is 0 Å². The van der Waals surface area contributed by atoms with Crippen molar-refractivity contribution in [3.05, 3.63) is 45.8 Å². The Hall–Kier alpha value is -1.29. The van der Waals surface area contributed by atoms with Gasteiger partial charge in [0.1, 0.15) is 23.8 Å². The molecule has 0 amide bonds. The van der Waals surface area contributed by atoms with Crippen molar-refractivity contribution in [3.8, 4) is 5.75 Å². The maximum Gasteiger partial charge on any atom is 0.134 e. The van der Waals surface area contributed by atoms with Gasteiger partial charge in [-0.3, -0.25) is 0 Å². The monoisotopic (exact) mass is 309 g/mol. The second-order valence-corrected chi connectivity index (χ2v) is 5.47. The van der Waals surface area contributed by atoms with E-state index in [1.165, 1.54) is 5.56 Å². The first-order chi connectivity index (χ1) is 8.56. The molecule has 0 spiro atoms. The number of aromatic nitrogens is 1. The van der Waals surface area contributed by atoms with Crippen molar-refractivity contribution < 1.29 is 9.26 Å². The molecule has 0 unspecified atom stereocenters. The van der Waals surface area contributed by atoms with Gasteiger partial charge in [-0.15, -0.1) is 0 Å². The van der Waals surface area contributed by atoms with Crippen molar-refractivity contribution >= 4 is 15.9 Å². The van der Waals surface area contributed by atoms with Crippen molar-refractivity contribution in [1.82, 2.24) is 5.16 Å². The van der Waals surface area contributed by atoms with Gasteiger partial charge in [0, 0.05) is 10.5 Å². The van der Waals surface area contributed by atoms with Gasteiger partial charge in [-0.25, -0.2) is 0 Å². The van der Waals surface area contributed by atoms with E-state index in [4.69, 9.17) is 9.26 Å². The second kappa shape index (κ2) is 5.57. The standard InChI is InChI=1S/C14H16BrNO2/c1-9(2)13-7-11(15)4-5-14(13)17-8-12-6-10(3)18-16-12/h4-7,9H,8H2,1-3H3. The zero-order valence-electron chi connectivity index (χ0n) is 10.7. The molecule has 0 radical (unpaired) electrons. The molecule has 1 aromatic heterocycles. The number of hydrogen-bond donors (Lipinski definition) is 0. The largest absolute Gasteiger partial charge is 0.487 e. The highest BCUT2D eigenvalue weighted by Gasteiger charge is 2.09. The van der Waals surface area contributed by atoms with Crippen molar-refractivity contribution in [2.24, 2.45) is 0 Å². The number of nitrogens with zero attached hydrogens (tertiary/aromatic N) is 1. The molecule has 18 heavy (non-hydrogen) atoms. The summed E-state index contributed by atoms with van der Waals surface area (Å²) in [5.41, 5.74) is 2.00. The molecule has 4 heteroatoms. The average Bonchev–Trinajstić information content (AvgIpc) is 2.73. The van der Waals surface area contributed by atoms with Crippen LogP contribution in [0.5, 0.6) is 5.75 Å². The van der Waals surface area contributed by atoms with E-state index in [1.54, 1.807) is 0 Å². The Morgan fingerprint density at radius 2 is 2.11 bits per heavy atom. The maximum absolute atomic E-state index is 5.81. The van der Waals surface area contributed by atoms with E-state index in [2.05, 4.69) is 41.0 Å². The van der Waals surface area contributed by atoms with Gasteiger partial charge in [-0.1, -0.05) is 34.9 Å². The van der Waals surface area contributed by atoms with Crippen LogP contribution in [0.4, 0.5) is 0 Å². The highest BCUT2D eigenvalue weighted by Crippen LogP contribution is 2.30. The smallest absolute Gasteiger partial charge is 0.134 e. The summed E-state index contributed by atoms with van der Waals surface area (Å²) < 4.78 is 11.9. The van der Waals surface area contributed by atoms with Crippen LogP contribution in [0.15, 0.2) is 33.3 Å². The summed E-state index contributed by atoms with van der Waals surface area (Å²) in [7, 11) is 0. The first-order valence-corrected chi connectivity index (χ1v) is 6.70. The number of benzene rings is 1. The van der Waals surface area contributed by atoms with Crippen LogP contribution < -0.4 is 4.74 Å². The molecule has 1 heterocycles. The SMILES string of the molecule is Cc1cc(COc2ccc(Br)cc2C(C)C)no1. The van der Waals surface area contributed by atoms with Gasteiger partial charge in [0.05, 0.1) is 0 Å². The fourth-order valence-electron chi connectivity index (χ4n) is 1.74. The summed E-state index contributed by atoms with van der Waals surface area (Å²) in [6.45, 7) is 6.60. The Labute approximate surface area is 115 Å². The van der Waals surface area contributed by atoms with E-state index in [0.717, 1.165) is 21.7 Å². The van der Waals surface area contributed by atoms with Gasteiger partial charge in [0.2, 0.25) is 0 Å². The fourth-order valence-corrected chi connectivity index (χ4v) is 2.12. The third kappa shape index (κ3) is 3.13. The van der Waals surface area contributed by atoms with E-state index < -0.39 is 0 Å². The van der Waals surface area contributed by atoms with Gasteiger partial charge < -0.3 is 9.26 Å². The summed E-state index contributed by atoms with van der Waals surface area (Å²) >= 11 is 3.48. The lowest BCUT2D eigenvalue weighted by molar-refractivity contribution is 0.284. The van der Waals surface area contributed by atoms with E-state index in [9.17, 15) is 0 Å². The van der Waals surface area contributed by atoms with Gasteiger partial charge in [0.15, 0.2) is 0 Å². The second-order valence-electron chi connectivity index (χ2n) is 4.55. The molecule has 2 rings (SSSR count). The van der Waals surface area contributed by atoms with Crippen molar-refractivity contribution in [1.29, 1.82) is 0 Å².